The smallest absolute Gasteiger partial charge is 0.282 e. The SMILES string of the molecule is Cn1cc2c(=O)n(-c3ccc(Cl)cc3)nc-2c2ccccc21. The van der Waals surface area contributed by atoms with Crippen molar-refractivity contribution in [1.82, 2.24) is 14.3 Å². The van der Waals surface area contributed by atoms with Crippen molar-refractivity contribution >= 4 is 22.5 Å². The first-order chi connectivity index (χ1) is 10.6. The van der Waals surface area contributed by atoms with Crippen molar-refractivity contribution in [2.24, 2.45) is 7.05 Å². The van der Waals surface area contributed by atoms with Crippen LogP contribution in [-0.4, -0.2) is 14.3 Å². The summed E-state index contributed by atoms with van der Waals surface area (Å²) in [7, 11) is 1.93. The molecule has 4 nitrogen and oxygen atoms in total. The van der Waals surface area contributed by atoms with Gasteiger partial charge in [-0.25, -0.2) is 0 Å². The second-order valence-electron chi connectivity index (χ2n) is 5.21. The Kier molecular flexibility index (Phi) is 2.81. The number of aryl methyl sites for hydroxylation is 1. The van der Waals surface area contributed by atoms with Gasteiger partial charge in [0, 0.05) is 29.2 Å². The second-order valence-corrected chi connectivity index (χ2v) is 5.65. The molecule has 22 heavy (non-hydrogen) atoms. The number of hydrogen-bond donors (Lipinski definition) is 0. The summed E-state index contributed by atoms with van der Waals surface area (Å²) in [5, 5.41) is 6.12. The Hall–Kier alpha value is -2.59. The van der Waals surface area contributed by atoms with E-state index in [0.29, 0.717) is 22.0 Å². The first kappa shape index (κ1) is 13.1. The minimum absolute atomic E-state index is 0.126. The van der Waals surface area contributed by atoms with Crippen LogP contribution in [0.25, 0.3) is 27.8 Å². The molecule has 5 heteroatoms. The molecule has 0 saturated carbocycles. The van der Waals surface area contributed by atoms with Gasteiger partial charge in [0.15, 0.2) is 0 Å². The van der Waals surface area contributed by atoms with E-state index in [1.54, 1.807) is 24.3 Å². The quantitative estimate of drug-likeness (QED) is 0.540. The number of aromatic nitrogens is 3. The van der Waals surface area contributed by atoms with Crippen molar-refractivity contribution < 1.29 is 0 Å². The molecule has 0 aliphatic carbocycles. The summed E-state index contributed by atoms with van der Waals surface area (Å²) < 4.78 is 3.38. The lowest BCUT2D eigenvalue weighted by molar-refractivity contribution is 0.859. The van der Waals surface area contributed by atoms with Crippen LogP contribution in [0.5, 0.6) is 0 Å². The second kappa shape index (κ2) is 4.71. The van der Waals surface area contributed by atoms with Crippen LogP contribution in [0.1, 0.15) is 0 Å². The summed E-state index contributed by atoms with van der Waals surface area (Å²) in [4.78, 5) is 12.7. The number of hydrogen-bond acceptors (Lipinski definition) is 2. The number of nitrogens with zero attached hydrogens (tertiary/aromatic N) is 3. The van der Waals surface area contributed by atoms with E-state index in [1.807, 2.05) is 42.1 Å². The molecule has 0 spiro atoms. The molecule has 2 aromatic carbocycles. The predicted molar refractivity (Wildman–Crippen MR) is 87.9 cm³/mol. The summed E-state index contributed by atoms with van der Waals surface area (Å²) in [6, 6.07) is 15.0. The highest BCUT2D eigenvalue weighted by atomic mass is 35.5. The molecule has 0 fully saturated rings. The molecule has 2 aliphatic rings. The fraction of sp³-hybridized carbons (Fsp3) is 0.0588. The summed E-state index contributed by atoms with van der Waals surface area (Å²) in [5.41, 5.74) is 2.94. The molecule has 108 valence electrons. The van der Waals surface area contributed by atoms with Crippen LogP contribution in [-0.2, 0) is 7.05 Å². The number of halogens is 1. The van der Waals surface area contributed by atoms with Gasteiger partial charge in [-0.1, -0.05) is 29.8 Å². The Morgan fingerprint density at radius 2 is 1.77 bits per heavy atom. The molecule has 0 atom stereocenters. The number of fused-ring (bicyclic) bond motifs is 3. The van der Waals surface area contributed by atoms with Crippen molar-refractivity contribution in [2.45, 2.75) is 0 Å². The monoisotopic (exact) mass is 309 g/mol. The zero-order valence-corrected chi connectivity index (χ0v) is 12.6. The number of rotatable bonds is 1. The van der Waals surface area contributed by atoms with Crippen molar-refractivity contribution in [2.75, 3.05) is 0 Å². The molecule has 0 aromatic heterocycles. The average Bonchev–Trinajstić information content (AvgIpc) is 2.86. The van der Waals surface area contributed by atoms with Gasteiger partial charge in [0.2, 0.25) is 0 Å². The van der Waals surface area contributed by atoms with Gasteiger partial charge in [-0.15, -0.1) is 0 Å². The van der Waals surface area contributed by atoms with Crippen LogP contribution in [0.15, 0.2) is 59.5 Å². The standard InChI is InChI=1S/C17H12ClN3O/c1-20-10-14-16(13-4-2-3-5-15(13)20)19-21(17(14)22)12-8-6-11(18)7-9-12/h2-10H,1H3. The highest BCUT2D eigenvalue weighted by Gasteiger charge is 2.19. The Balaban J connectivity index is 2.08. The maximum Gasteiger partial charge on any atom is 0.282 e. The van der Waals surface area contributed by atoms with Crippen LogP contribution in [0.4, 0.5) is 0 Å². The molecular weight excluding hydrogens is 298 g/mol. The normalized spacial score (nSPS) is 11.4. The Morgan fingerprint density at radius 1 is 1.05 bits per heavy atom. The third-order valence-electron chi connectivity index (χ3n) is 3.81. The molecule has 0 bridgehead atoms. The Labute approximate surface area is 131 Å². The van der Waals surface area contributed by atoms with Crippen LogP contribution in [0.3, 0.4) is 0 Å². The van der Waals surface area contributed by atoms with Crippen molar-refractivity contribution in [3.8, 4) is 16.9 Å². The van der Waals surface area contributed by atoms with E-state index in [-0.39, 0.29) is 5.56 Å². The minimum atomic E-state index is -0.126. The minimum Gasteiger partial charge on any atom is -0.350 e. The predicted octanol–water partition coefficient (Wildman–Crippen LogP) is 3.48. The number of benzene rings is 2. The molecule has 0 radical (unpaired) electrons. The number of para-hydroxylation sites is 1. The van der Waals surface area contributed by atoms with Crippen LogP contribution in [0.2, 0.25) is 5.02 Å². The largest absolute Gasteiger partial charge is 0.350 e. The third kappa shape index (κ3) is 1.84. The molecule has 4 rings (SSSR count). The van der Waals surface area contributed by atoms with E-state index in [4.69, 9.17) is 11.6 Å². The fourth-order valence-corrected chi connectivity index (χ4v) is 2.86. The molecule has 0 unspecified atom stereocenters. The summed E-state index contributed by atoms with van der Waals surface area (Å²) in [6.45, 7) is 0. The maximum atomic E-state index is 12.7. The number of pyridine rings is 1. The lowest BCUT2D eigenvalue weighted by Crippen LogP contribution is -2.14. The molecule has 2 heterocycles. The molecule has 0 amide bonds. The first-order valence-corrected chi connectivity index (χ1v) is 7.26. The van der Waals surface area contributed by atoms with Gasteiger partial charge in [0.25, 0.3) is 5.56 Å². The van der Waals surface area contributed by atoms with Gasteiger partial charge in [-0.2, -0.15) is 9.78 Å². The topological polar surface area (TPSA) is 39.8 Å². The lowest BCUT2D eigenvalue weighted by Gasteiger charge is -2.08. The van der Waals surface area contributed by atoms with Gasteiger partial charge in [-0.3, -0.25) is 4.79 Å². The lowest BCUT2D eigenvalue weighted by atomic mass is 10.1. The Morgan fingerprint density at radius 3 is 2.55 bits per heavy atom. The average molecular weight is 310 g/mol. The van der Waals surface area contributed by atoms with E-state index in [9.17, 15) is 4.79 Å². The Bertz CT molecular complexity index is 1010. The van der Waals surface area contributed by atoms with E-state index in [1.165, 1.54) is 4.68 Å². The van der Waals surface area contributed by atoms with Crippen molar-refractivity contribution in [1.29, 1.82) is 0 Å². The third-order valence-corrected chi connectivity index (χ3v) is 4.06. The van der Waals surface area contributed by atoms with Gasteiger partial charge in [0.05, 0.1) is 11.3 Å². The van der Waals surface area contributed by atoms with Crippen molar-refractivity contribution in [3.63, 3.8) is 0 Å². The fourth-order valence-electron chi connectivity index (χ4n) is 2.73. The van der Waals surface area contributed by atoms with Crippen LogP contribution in [0, 0.1) is 0 Å². The molecule has 0 N–H and O–H groups in total. The van der Waals surface area contributed by atoms with Gasteiger partial charge < -0.3 is 4.57 Å². The molecule has 0 saturated heterocycles. The summed E-state index contributed by atoms with van der Waals surface area (Å²) in [6.07, 6.45) is 1.83. The van der Waals surface area contributed by atoms with E-state index < -0.39 is 0 Å². The van der Waals surface area contributed by atoms with Gasteiger partial charge >= 0.3 is 0 Å². The molecular formula is C17H12ClN3O. The van der Waals surface area contributed by atoms with Gasteiger partial charge in [-0.05, 0) is 30.3 Å². The van der Waals surface area contributed by atoms with Crippen LogP contribution >= 0.6 is 11.6 Å². The van der Waals surface area contributed by atoms with Crippen molar-refractivity contribution in [3.05, 3.63) is 70.1 Å². The summed E-state index contributed by atoms with van der Waals surface area (Å²) >= 11 is 5.91. The van der Waals surface area contributed by atoms with E-state index in [0.717, 1.165) is 10.9 Å². The van der Waals surface area contributed by atoms with Gasteiger partial charge in [0.1, 0.15) is 5.69 Å². The zero-order chi connectivity index (χ0) is 15.3. The summed E-state index contributed by atoms with van der Waals surface area (Å²) in [5.74, 6) is 0. The van der Waals surface area contributed by atoms with E-state index >= 15 is 0 Å². The maximum absolute atomic E-state index is 12.7. The highest BCUT2D eigenvalue weighted by Crippen LogP contribution is 2.27. The van der Waals surface area contributed by atoms with E-state index in [2.05, 4.69) is 5.10 Å². The zero-order valence-electron chi connectivity index (χ0n) is 11.8. The van der Waals surface area contributed by atoms with Crippen LogP contribution < -0.4 is 5.56 Å². The first-order valence-electron chi connectivity index (χ1n) is 6.88. The molecule has 2 aliphatic heterocycles. The highest BCUT2D eigenvalue weighted by molar-refractivity contribution is 6.30. The molecule has 2 aromatic rings.